The van der Waals surface area contributed by atoms with Gasteiger partial charge >= 0.3 is 0 Å². The van der Waals surface area contributed by atoms with E-state index < -0.39 is 0 Å². The van der Waals surface area contributed by atoms with E-state index in [-0.39, 0.29) is 6.04 Å². The minimum absolute atomic E-state index is 0.214. The molecule has 2 N–H and O–H groups in total. The van der Waals surface area contributed by atoms with Crippen molar-refractivity contribution in [1.29, 1.82) is 0 Å². The first-order chi connectivity index (χ1) is 6.69. The van der Waals surface area contributed by atoms with Crippen molar-refractivity contribution in [3.05, 3.63) is 28.8 Å². The van der Waals surface area contributed by atoms with Gasteiger partial charge in [0.25, 0.3) is 0 Å². The van der Waals surface area contributed by atoms with E-state index in [1.807, 2.05) is 0 Å². The molecule has 1 rings (SSSR count). The van der Waals surface area contributed by atoms with Crippen LogP contribution in [0.5, 0.6) is 5.75 Å². The van der Waals surface area contributed by atoms with E-state index in [0.717, 1.165) is 11.3 Å². The molecule has 0 spiro atoms. The summed E-state index contributed by atoms with van der Waals surface area (Å²) in [5.74, 6) is 0.735. The minimum atomic E-state index is -0.214. The van der Waals surface area contributed by atoms with E-state index >= 15 is 0 Å². The number of benzene rings is 1. The summed E-state index contributed by atoms with van der Waals surface area (Å²) >= 11 is 5.87. The molecule has 14 heavy (non-hydrogen) atoms. The lowest BCUT2D eigenvalue weighted by Crippen LogP contribution is -2.16. The third-order valence-corrected chi connectivity index (χ3v) is 2.17. The highest BCUT2D eigenvalue weighted by Gasteiger charge is 2.11. The summed E-state index contributed by atoms with van der Waals surface area (Å²) in [6, 6.07) is 5.15. The summed E-state index contributed by atoms with van der Waals surface area (Å²) in [6.45, 7) is 0.441. The molecule has 3 nitrogen and oxygen atoms in total. The van der Waals surface area contributed by atoms with Crippen molar-refractivity contribution < 1.29 is 9.47 Å². The van der Waals surface area contributed by atoms with Crippen molar-refractivity contribution in [2.75, 3.05) is 20.8 Å². The zero-order valence-electron chi connectivity index (χ0n) is 8.29. The Hall–Kier alpha value is -0.770. The Bertz CT molecular complexity index is 304. The molecule has 1 atom stereocenters. The van der Waals surface area contributed by atoms with Crippen LogP contribution >= 0.6 is 11.6 Å². The summed E-state index contributed by atoms with van der Waals surface area (Å²) in [6.07, 6.45) is 0. The standard InChI is InChI=1S/C10H14ClNO2/c1-13-6-9(12)8-5-7(11)3-4-10(8)14-2/h3-5,9H,6,12H2,1-2H3/t9-/m0/s1. The van der Waals surface area contributed by atoms with Gasteiger partial charge in [0.2, 0.25) is 0 Å². The first kappa shape index (κ1) is 11.3. The largest absolute Gasteiger partial charge is 0.496 e. The van der Waals surface area contributed by atoms with Crippen LogP contribution in [0.3, 0.4) is 0 Å². The Morgan fingerprint density at radius 2 is 2.14 bits per heavy atom. The second-order valence-corrected chi connectivity index (χ2v) is 3.38. The molecule has 0 aliphatic carbocycles. The van der Waals surface area contributed by atoms with Crippen molar-refractivity contribution in [1.82, 2.24) is 0 Å². The minimum Gasteiger partial charge on any atom is -0.496 e. The first-order valence-electron chi connectivity index (χ1n) is 4.27. The molecule has 1 aromatic rings. The van der Waals surface area contributed by atoms with Gasteiger partial charge in [0.05, 0.1) is 19.8 Å². The average molecular weight is 216 g/mol. The molecule has 0 bridgehead atoms. The summed E-state index contributed by atoms with van der Waals surface area (Å²) < 4.78 is 10.1. The van der Waals surface area contributed by atoms with Gasteiger partial charge in [-0.05, 0) is 18.2 Å². The van der Waals surface area contributed by atoms with Crippen LogP contribution in [0.2, 0.25) is 5.02 Å². The van der Waals surface area contributed by atoms with Crippen LogP contribution in [0, 0.1) is 0 Å². The maximum atomic E-state index is 5.89. The zero-order valence-corrected chi connectivity index (χ0v) is 9.04. The monoisotopic (exact) mass is 215 g/mol. The van der Waals surface area contributed by atoms with E-state index in [1.54, 1.807) is 32.4 Å². The number of hydrogen-bond donors (Lipinski definition) is 1. The highest BCUT2D eigenvalue weighted by Crippen LogP contribution is 2.27. The molecule has 78 valence electrons. The second-order valence-electron chi connectivity index (χ2n) is 2.95. The quantitative estimate of drug-likeness (QED) is 0.836. The van der Waals surface area contributed by atoms with E-state index in [9.17, 15) is 0 Å². The number of hydrogen-bond acceptors (Lipinski definition) is 3. The maximum absolute atomic E-state index is 5.89. The third-order valence-electron chi connectivity index (χ3n) is 1.94. The summed E-state index contributed by atoms with van der Waals surface area (Å²) in [5, 5.41) is 0.646. The molecule has 0 unspecified atom stereocenters. The second kappa shape index (κ2) is 5.20. The van der Waals surface area contributed by atoms with Crippen molar-refractivity contribution in [3.63, 3.8) is 0 Å². The SMILES string of the molecule is COC[C@H](N)c1cc(Cl)ccc1OC. The molecule has 1 aromatic carbocycles. The van der Waals surface area contributed by atoms with Gasteiger partial charge in [0, 0.05) is 17.7 Å². The third kappa shape index (κ3) is 2.61. The van der Waals surface area contributed by atoms with Gasteiger partial charge in [-0.2, -0.15) is 0 Å². The zero-order chi connectivity index (χ0) is 10.6. The fourth-order valence-corrected chi connectivity index (χ4v) is 1.44. The number of halogens is 1. The lowest BCUT2D eigenvalue weighted by molar-refractivity contribution is 0.179. The normalized spacial score (nSPS) is 12.6. The van der Waals surface area contributed by atoms with Crippen molar-refractivity contribution >= 4 is 11.6 Å². The lowest BCUT2D eigenvalue weighted by atomic mass is 10.1. The Morgan fingerprint density at radius 1 is 1.43 bits per heavy atom. The van der Waals surface area contributed by atoms with Gasteiger partial charge in [0.1, 0.15) is 5.75 Å². The van der Waals surface area contributed by atoms with Gasteiger partial charge in [-0.25, -0.2) is 0 Å². The lowest BCUT2D eigenvalue weighted by Gasteiger charge is -2.14. The number of nitrogens with two attached hydrogens (primary N) is 1. The molecule has 0 aliphatic heterocycles. The van der Waals surface area contributed by atoms with Gasteiger partial charge in [-0.1, -0.05) is 11.6 Å². The molecular weight excluding hydrogens is 202 g/mol. The van der Waals surface area contributed by atoms with Crippen LogP contribution in [0.4, 0.5) is 0 Å². The molecule has 0 fully saturated rings. The number of ether oxygens (including phenoxy) is 2. The molecule has 4 heteroatoms. The number of methoxy groups -OCH3 is 2. The first-order valence-corrected chi connectivity index (χ1v) is 4.64. The highest BCUT2D eigenvalue weighted by molar-refractivity contribution is 6.30. The van der Waals surface area contributed by atoms with Crippen LogP contribution < -0.4 is 10.5 Å². The Morgan fingerprint density at radius 3 is 2.71 bits per heavy atom. The van der Waals surface area contributed by atoms with E-state index in [0.29, 0.717) is 11.6 Å². The molecule has 0 heterocycles. The Kier molecular flexibility index (Phi) is 4.20. The van der Waals surface area contributed by atoms with Crippen molar-refractivity contribution in [2.45, 2.75) is 6.04 Å². The van der Waals surface area contributed by atoms with Gasteiger partial charge in [0.15, 0.2) is 0 Å². The topological polar surface area (TPSA) is 44.5 Å². The van der Waals surface area contributed by atoms with Crippen LogP contribution in [0.15, 0.2) is 18.2 Å². The Labute approximate surface area is 88.8 Å². The van der Waals surface area contributed by atoms with Crippen molar-refractivity contribution in [3.8, 4) is 5.75 Å². The fraction of sp³-hybridized carbons (Fsp3) is 0.400. The number of rotatable bonds is 4. The fourth-order valence-electron chi connectivity index (χ4n) is 1.26. The predicted octanol–water partition coefficient (Wildman–Crippen LogP) is 1.99. The van der Waals surface area contributed by atoms with Crippen LogP contribution in [-0.4, -0.2) is 20.8 Å². The maximum Gasteiger partial charge on any atom is 0.123 e. The van der Waals surface area contributed by atoms with E-state index in [1.165, 1.54) is 0 Å². The smallest absolute Gasteiger partial charge is 0.123 e. The van der Waals surface area contributed by atoms with Gasteiger partial charge < -0.3 is 15.2 Å². The summed E-state index contributed by atoms with van der Waals surface area (Å²) in [7, 11) is 3.21. The molecular formula is C10H14ClNO2. The molecule has 0 saturated heterocycles. The summed E-state index contributed by atoms with van der Waals surface area (Å²) in [4.78, 5) is 0. The van der Waals surface area contributed by atoms with Gasteiger partial charge in [-0.15, -0.1) is 0 Å². The van der Waals surface area contributed by atoms with Gasteiger partial charge in [-0.3, -0.25) is 0 Å². The molecule has 0 saturated carbocycles. The molecule has 0 aromatic heterocycles. The van der Waals surface area contributed by atoms with Crippen molar-refractivity contribution in [2.24, 2.45) is 5.73 Å². The average Bonchev–Trinajstić information content (AvgIpc) is 2.18. The van der Waals surface area contributed by atoms with Crippen LogP contribution in [0.25, 0.3) is 0 Å². The Balaban J connectivity index is 2.97. The van der Waals surface area contributed by atoms with Crippen LogP contribution in [-0.2, 0) is 4.74 Å². The summed E-state index contributed by atoms with van der Waals surface area (Å²) in [5.41, 5.74) is 6.75. The molecule has 0 aliphatic rings. The molecule has 0 amide bonds. The van der Waals surface area contributed by atoms with E-state index in [4.69, 9.17) is 26.8 Å². The highest BCUT2D eigenvalue weighted by atomic mass is 35.5. The van der Waals surface area contributed by atoms with Crippen LogP contribution in [0.1, 0.15) is 11.6 Å². The molecule has 0 radical (unpaired) electrons. The predicted molar refractivity (Wildman–Crippen MR) is 56.8 cm³/mol. The van der Waals surface area contributed by atoms with E-state index in [2.05, 4.69) is 0 Å².